The molecule has 0 aromatic carbocycles. The van der Waals surface area contributed by atoms with Gasteiger partial charge in [-0.3, -0.25) is 0 Å². The van der Waals surface area contributed by atoms with Crippen LogP contribution in [0.1, 0.15) is 33.1 Å². The van der Waals surface area contributed by atoms with Gasteiger partial charge in [0.15, 0.2) is 0 Å². The van der Waals surface area contributed by atoms with Crippen molar-refractivity contribution in [3.8, 4) is 0 Å². The Morgan fingerprint density at radius 2 is 1.82 bits per heavy atom. The second-order valence-corrected chi connectivity index (χ2v) is 6.23. The van der Waals surface area contributed by atoms with E-state index >= 15 is 0 Å². The first-order chi connectivity index (χ1) is 8.15. The van der Waals surface area contributed by atoms with Crippen molar-refractivity contribution < 1.29 is 0 Å². The van der Waals surface area contributed by atoms with Gasteiger partial charge in [0.25, 0.3) is 0 Å². The lowest BCUT2D eigenvalue weighted by Gasteiger charge is -2.30. The Morgan fingerprint density at radius 1 is 1.12 bits per heavy atom. The maximum absolute atomic E-state index is 3.79. The molecule has 1 unspecified atom stereocenters. The van der Waals surface area contributed by atoms with Crippen molar-refractivity contribution in [2.24, 2.45) is 5.92 Å². The van der Waals surface area contributed by atoms with Crippen LogP contribution >= 0.6 is 0 Å². The van der Waals surface area contributed by atoms with Crippen molar-refractivity contribution in [2.45, 2.75) is 45.2 Å². The van der Waals surface area contributed by atoms with Gasteiger partial charge in [0.05, 0.1) is 0 Å². The van der Waals surface area contributed by atoms with E-state index in [4.69, 9.17) is 0 Å². The number of hydrogen-bond acceptors (Lipinski definition) is 3. The molecular weight excluding hydrogens is 210 g/mol. The molecule has 0 aromatic rings. The van der Waals surface area contributed by atoms with Gasteiger partial charge >= 0.3 is 0 Å². The van der Waals surface area contributed by atoms with E-state index in [-0.39, 0.29) is 0 Å². The highest BCUT2D eigenvalue weighted by molar-refractivity contribution is 4.82. The third-order valence-electron chi connectivity index (χ3n) is 4.46. The number of nitrogens with zero attached hydrogens (tertiary/aromatic N) is 2. The first-order valence-corrected chi connectivity index (χ1v) is 7.31. The normalized spacial score (nSPS) is 29.3. The van der Waals surface area contributed by atoms with Crippen molar-refractivity contribution >= 4 is 0 Å². The summed E-state index contributed by atoms with van der Waals surface area (Å²) in [6.07, 6.45) is 4.05. The average Bonchev–Trinajstić information content (AvgIpc) is 2.77. The summed E-state index contributed by atoms with van der Waals surface area (Å²) in [6, 6.07) is 1.50. The summed E-state index contributed by atoms with van der Waals surface area (Å²) in [4.78, 5) is 5.05. The van der Waals surface area contributed by atoms with Crippen LogP contribution in [0.4, 0.5) is 0 Å². The van der Waals surface area contributed by atoms with Crippen LogP contribution in [-0.2, 0) is 0 Å². The topological polar surface area (TPSA) is 18.5 Å². The molecule has 0 spiro atoms. The summed E-state index contributed by atoms with van der Waals surface area (Å²) in [5, 5.41) is 3.79. The summed E-state index contributed by atoms with van der Waals surface area (Å²) in [6.45, 7) is 11.0. The van der Waals surface area contributed by atoms with E-state index in [1.54, 1.807) is 0 Å². The number of likely N-dealkylation sites (tertiary alicyclic amines) is 2. The summed E-state index contributed by atoms with van der Waals surface area (Å²) in [7, 11) is 2.23. The minimum Gasteiger partial charge on any atom is -0.314 e. The van der Waals surface area contributed by atoms with Crippen molar-refractivity contribution in [3.63, 3.8) is 0 Å². The second kappa shape index (κ2) is 6.17. The molecule has 3 nitrogen and oxygen atoms in total. The maximum Gasteiger partial charge on any atom is 0.00915 e. The molecule has 3 heteroatoms. The Balaban J connectivity index is 1.63. The van der Waals surface area contributed by atoms with Crippen LogP contribution in [0, 0.1) is 5.92 Å². The van der Waals surface area contributed by atoms with Gasteiger partial charge in [-0.1, -0.05) is 0 Å². The minimum atomic E-state index is 0.725. The Hall–Kier alpha value is -0.120. The molecule has 0 aromatic heterocycles. The molecule has 0 aliphatic carbocycles. The van der Waals surface area contributed by atoms with E-state index in [2.05, 4.69) is 36.0 Å². The molecule has 100 valence electrons. The zero-order chi connectivity index (χ0) is 12.3. The molecule has 2 heterocycles. The van der Waals surface area contributed by atoms with Crippen molar-refractivity contribution in [3.05, 3.63) is 0 Å². The molecule has 2 fully saturated rings. The zero-order valence-corrected chi connectivity index (χ0v) is 11.8. The highest BCUT2D eigenvalue weighted by Gasteiger charge is 2.25. The Bertz CT molecular complexity index is 222. The second-order valence-electron chi connectivity index (χ2n) is 6.23. The Morgan fingerprint density at radius 3 is 2.41 bits per heavy atom. The SMILES string of the molecule is CC(C)N1CCC(CNC2CCN(C)CC2)C1. The molecule has 2 saturated heterocycles. The largest absolute Gasteiger partial charge is 0.314 e. The number of nitrogens with one attached hydrogen (secondary N) is 1. The smallest absolute Gasteiger partial charge is 0.00915 e. The van der Waals surface area contributed by atoms with Crippen LogP contribution < -0.4 is 5.32 Å². The van der Waals surface area contributed by atoms with E-state index < -0.39 is 0 Å². The van der Waals surface area contributed by atoms with Gasteiger partial charge < -0.3 is 15.1 Å². The van der Waals surface area contributed by atoms with E-state index in [0.717, 1.165) is 18.0 Å². The maximum atomic E-state index is 3.79. The van der Waals surface area contributed by atoms with E-state index in [1.165, 1.54) is 52.0 Å². The Labute approximate surface area is 107 Å². The fourth-order valence-corrected chi connectivity index (χ4v) is 3.04. The van der Waals surface area contributed by atoms with Crippen LogP contribution in [0.15, 0.2) is 0 Å². The highest BCUT2D eigenvalue weighted by atomic mass is 15.2. The van der Waals surface area contributed by atoms with E-state index in [1.807, 2.05) is 0 Å². The fraction of sp³-hybridized carbons (Fsp3) is 1.00. The molecule has 17 heavy (non-hydrogen) atoms. The van der Waals surface area contributed by atoms with Gasteiger partial charge in [-0.2, -0.15) is 0 Å². The summed E-state index contributed by atoms with van der Waals surface area (Å²) in [5.41, 5.74) is 0. The van der Waals surface area contributed by atoms with Crippen molar-refractivity contribution in [1.82, 2.24) is 15.1 Å². The number of piperidine rings is 1. The lowest BCUT2D eigenvalue weighted by Crippen LogP contribution is -2.42. The molecular formula is C14H29N3. The van der Waals surface area contributed by atoms with Crippen LogP contribution in [0.3, 0.4) is 0 Å². The van der Waals surface area contributed by atoms with Crippen LogP contribution in [0.5, 0.6) is 0 Å². The van der Waals surface area contributed by atoms with Gasteiger partial charge in [-0.05, 0) is 72.3 Å². The van der Waals surface area contributed by atoms with Crippen molar-refractivity contribution in [1.29, 1.82) is 0 Å². The van der Waals surface area contributed by atoms with Crippen LogP contribution in [0.2, 0.25) is 0 Å². The molecule has 2 rings (SSSR count). The van der Waals surface area contributed by atoms with Gasteiger partial charge in [0.2, 0.25) is 0 Å². The van der Waals surface area contributed by atoms with E-state index in [9.17, 15) is 0 Å². The van der Waals surface area contributed by atoms with Gasteiger partial charge in [0, 0.05) is 18.6 Å². The number of hydrogen-bond donors (Lipinski definition) is 1. The monoisotopic (exact) mass is 239 g/mol. The Kier molecular flexibility index (Phi) is 4.83. The highest BCUT2D eigenvalue weighted by Crippen LogP contribution is 2.18. The van der Waals surface area contributed by atoms with Crippen LogP contribution in [0.25, 0.3) is 0 Å². The predicted molar refractivity (Wildman–Crippen MR) is 73.3 cm³/mol. The molecule has 1 atom stereocenters. The first-order valence-electron chi connectivity index (χ1n) is 7.31. The molecule has 1 N–H and O–H groups in total. The van der Waals surface area contributed by atoms with Crippen molar-refractivity contribution in [2.75, 3.05) is 39.8 Å². The minimum absolute atomic E-state index is 0.725. The molecule has 2 aliphatic heterocycles. The first kappa shape index (κ1) is 13.3. The lowest BCUT2D eigenvalue weighted by molar-refractivity contribution is 0.226. The van der Waals surface area contributed by atoms with E-state index in [0.29, 0.717) is 0 Å². The quantitative estimate of drug-likeness (QED) is 0.800. The van der Waals surface area contributed by atoms with Crippen LogP contribution in [-0.4, -0.2) is 61.7 Å². The summed E-state index contributed by atoms with van der Waals surface area (Å²) >= 11 is 0. The standard InChI is InChI=1S/C14H29N3/c1-12(2)17-9-4-13(11-17)10-15-14-5-7-16(3)8-6-14/h12-15H,4-11H2,1-3H3. The van der Waals surface area contributed by atoms with Gasteiger partial charge in [-0.15, -0.1) is 0 Å². The molecule has 0 amide bonds. The fourth-order valence-electron chi connectivity index (χ4n) is 3.04. The lowest BCUT2D eigenvalue weighted by atomic mass is 10.0. The zero-order valence-electron chi connectivity index (χ0n) is 11.8. The predicted octanol–water partition coefficient (Wildman–Crippen LogP) is 1.40. The average molecular weight is 239 g/mol. The van der Waals surface area contributed by atoms with Gasteiger partial charge in [-0.25, -0.2) is 0 Å². The summed E-state index contributed by atoms with van der Waals surface area (Å²) < 4.78 is 0. The number of rotatable bonds is 4. The van der Waals surface area contributed by atoms with Gasteiger partial charge in [0.1, 0.15) is 0 Å². The molecule has 2 aliphatic rings. The third-order valence-corrected chi connectivity index (χ3v) is 4.46. The third kappa shape index (κ3) is 3.94. The molecule has 0 saturated carbocycles. The molecule has 0 bridgehead atoms. The molecule has 0 radical (unpaired) electrons. The summed E-state index contributed by atoms with van der Waals surface area (Å²) in [5.74, 6) is 0.886.